The molecular weight excluding hydrogens is 230 g/mol. The Morgan fingerprint density at radius 3 is 2.67 bits per heavy atom. The van der Waals surface area contributed by atoms with Crippen LogP contribution in [0, 0.1) is 13.8 Å². The first kappa shape index (κ1) is 12.6. The first-order valence-electron chi connectivity index (χ1n) is 6.00. The quantitative estimate of drug-likeness (QED) is 0.833. The van der Waals surface area contributed by atoms with Crippen molar-refractivity contribution in [3.8, 4) is 0 Å². The Morgan fingerprint density at radius 1 is 1.39 bits per heavy atom. The van der Waals surface area contributed by atoms with Gasteiger partial charge in [0.05, 0.1) is 6.61 Å². The molecule has 4 nitrogen and oxygen atoms in total. The van der Waals surface area contributed by atoms with E-state index in [4.69, 9.17) is 9.57 Å². The van der Waals surface area contributed by atoms with E-state index in [9.17, 15) is 4.79 Å². The Hall–Kier alpha value is -1.81. The van der Waals surface area contributed by atoms with Crippen LogP contribution in [0.15, 0.2) is 30.0 Å². The number of nitrogens with one attached hydrogen (secondary N) is 1. The Morgan fingerprint density at radius 2 is 2.06 bits per heavy atom. The lowest BCUT2D eigenvalue weighted by atomic mass is 9.98. The van der Waals surface area contributed by atoms with Gasteiger partial charge in [-0.1, -0.05) is 18.2 Å². The summed E-state index contributed by atoms with van der Waals surface area (Å²) in [6, 6.07) is 6.07. The molecule has 0 saturated carbocycles. The van der Waals surface area contributed by atoms with E-state index in [1.54, 1.807) is 13.0 Å². The standard InChI is InChI=1S/C14H17NO3/c1-4-17-14(16)11-8-12(18-15-11)13-9(2)6-5-7-10(13)3/h5-8,12,15H,4H2,1-3H3. The molecule has 1 atom stereocenters. The second-order valence-electron chi connectivity index (χ2n) is 4.25. The van der Waals surface area contributed by atoms with Gasteiger partial charge in [0.2, 0.25) is 0 Å². The molecule has 1 aromatic carbocycles. The van der Waals surface area contributed by atoms with E-state index in [-0.39, 0.29) is 12.1 Å². The van der Waals surface area contributed by atoms with E-state index in [0.29, 0.717) is 12.3 Å². The van der Waals surface area contributed by atoms with Crippen LogP contribution in [0.2, 0.25) is 0 Å². The molecule has 96 valence electrons. The van der Waals surface area contributed by atoms with E-state index in [1.165, 1.54) is 0 Å². The average Bonchev–Trinajstić information content (AvgIpc) is 2.78. The Labute approximate surface area is 107 Å². The maximum atomic E-state index is 11.6. The van der Waals surface area contributed by atoms with Gasteiger partial charge in [-0.15, -0.1) is 0 Å². The van der Waals surface area contributed by atoms with Crippen molar-refractivity contribution in [2.24, 2.45) is 0 Å². The predicted octanol–water partition coefficient (Wildman–Crippen LogP) is 2.33. The lowest BCUT2D eigenvalue weighted by Crippen LogP contribution is -2.17. The van der Waals surface area contributed by atoms with Gasteiger partial charge in [-0.2, -0.15) is 0 Å². The molecule has 1 N–H and O–H groups in total. The fourth-order valence-electron chi connectivity index (χ4n) is 2.08. The molecule has 1 heterocycles. The molecule has 0 aliphatic carbocycles. The predicted molar refractivity (Wildman–Crippen MR) is 67.6 cm³/mol. The highest BCUT2D eigenvalue weighted by molar-refractivity contribution is 5.88. The van der Waals surface area contributed by atoms with Crippen molar-refractivity contribution in [1.29, 1.82) is 0 Å². The summed E-state index contributed by atoms with van der Waals surface area (Å²) >= 11 is 0. The van der Waals surface area contributed by atoms with E-state index in [2.05, 4.69) is 5.48 Å². The van der Waals surface area contributed by atoms with Crippen molar-refractivity contribution in [1.82, 2.24) is 5.48 Å². The van der Waals surface area contributed by atoms with Gasteiger partial charge in [0, 0.05) is 0 Å². The van der Waals surface area contributed by atoms with E-state index < -0.39 is 0 Å². The van der Waals surface area contributed by atoms with Gasteiger partial charge in [0.25, 0.3) is 0 Å². The van der Waals surface area contributed by atoms with Crippen LogP contribution in [0.1, 0.15) is 29.7 Å². The van der Waals surface area contributed by atoms with Crippen molar-refractivity contribution in [2.75, 3.05) is 6.61 Å². The van der Waals surface area contributed by atoms with Crippen LogP contribution >= 0.6 is 0 Å². The lowest BCUT2D eigenvalue weighted by molar-refractivity contribution is -0.140. The number of rotatable bonds is 3. The Bertz CT molecular complexity index is 474. The summed E-state index contributed by atoms with van der Waals surface area (Å²) < 4.78 is 4.92. The summed E-state index contributed by atoms with van der Waals surface area (Å²) in [5, 5.41) is 0. The highest BCUT2D eigenvalue weighted by Crippen LogP contribution is 2.29. The molecule has 0 radical (unpaired) electrons. The average molecular weight is 247 g/mol. The zero-order chi connectivity index (χ0) is 13.1. The number of esters is 1. The van der Waals surface area contributed by atoms with Crippen molar-refractivity contribution in [3.63, 3.8) is 0 Å². The first-order chi connectivity index (χ1) is 8.63. The van der Waals surface area contributed by atoms with E-state index in [0.717, 1.165) is 16.7 Å². The maximum absolute atomic E-state index is 11.6. The third-order valence-corrected chi connectivity index (χ3v) is 2.94. The minimum Gasteiger partial charge on any atom is -0.461 e. The van der Waals surface area contributed by atoms with Crippen molar-refractivity contribution in [3.05, 3.63) is 46.7 Å². The van der Waals surface area contributed by atoms with E-state index in [1.807, 2.05) is 32.0 Å². The largest absolute Gasteiger partial charge is 0.461 e. The van der Waals surface area contributed by atoms with Crippen LogP contribution in [0.3, 0.4) is 0 Å². The van der Waals surface area contributed by atoms with Crippen LogP contribution in [0.5, 0.6) is 0 Å². The zero-order valence-electron chi connectivity index (χ0n) is 10.8. The Kier molecular flexibility index (Phi) is 3.67. The molecule has 0 aromatic heterocycles. The minimum absolute atomic E-state index is 0.245. The molecule has 1 aliphatic heterocycles. The van der Waals surface area contributed by atoms with Gasteiger partial charge in [-0.05, 0) is 43.5 Å². The SMILES string of the molecule is CCOC(=O)C1=CC(c2c(C)cccc2C)ON1. The van der Waals surface area contributed by atoms with Crippen LogP contribution in [-0.2, 0) is 14.4 Å². The summed E-state index contributed by atoms with van der Waals surface area (Å²) in [4.78, 5) is 17.0. The van der Waals surface area contributed by atoms with Gasteiger partial charge >= 0.3 is 5.97 Å². The highest BCUT2D eigenvalue weighted by atomic mass is 16.7. The topological polar surface area (TPSA) is 47.6 Å². The molecule has 0 saturated heterocycles. The van der Waals surface area contributed by atoms with Crippen LogP contribution in [0.25, 0.3) is 0 Å². The van der Waals surface area contributed by atoms with Crippen LogP contribution < -0.4 is 5.48 Å². The number of carbonyl (C=O) groups excluding carboxylic acids is 1. The molecule has 1 aliphatic rings. The molecule has 0 bridgehead atoms. The zero-order valence-corrected chi connectivity index (χ0v) is 10.8. The highest BCUT2D eigenvalue weighted by Gasteiger charge is 2.25. The third-order valence-electron chi connectivity index (χ3n) is 2.94. The van der Waals surface area contributed by atoms with Crippen molar-refractivity contribution < 1.29 is 14.4 Å². The maximum Gasteiger partial charge on any atom is 0.356 e. The summed E-state index contributed by atoms with van der Waals surface area (Å²) in [6.07, 6.45) is 1.51. The van der Waals surface area contributed by atoms with Gasteiger partial charge in [0.1, 0.15) is 11.8 Å². The molecule has 1 aromatic rings. The number of hydrogen-bond donors (Lipinski definition) is 1. The van der Waals surface area contributed by atoms with Gasteiger partial charge in [-0.3, -0.25) is 10.3 Å². The second kappa shape index (κ2) is 5.23. The molecule has 0 fully saturated rings. The molecule has 0 amide bonds. The Balaban J connectivity index is 2.24. The van der Waals surface area contributed by atoms with Crippen LogP contribution in [0.4, 0.5) is 0 Å². The van der Waals surface area contributed by atoms with Crippen LogP contribution in [-0.4, -0.2) is 12.6 Å². The summed E-state index contributed by atoms with van der Waals surface area (Å²) in [5.74, 6) is -0.383. The second-order valence-corrected chi connectivity index (χ2v) is 4.25. The number of aryl methyl sites for hydroxylation is 2. The lowest BCUT2D eigenvalue weighted by Gasteiger charge is -2.13. The number of ether oxygens (including phenoxy) is 1. The monoisotopic (exact) mass is 247 g/mol. The third kappa shape index (κ3) is 2.38. The molecule has 2 rings (SSSR count). The number of hydroxylamine groups is 1. The first-order valence-corrected chi connectivity index (χ1v) is 6.00. The van der Waals surface area contributed by atoms with Crippen molar-refractivity contribution in [2.45, 2.75) is 26.9 Å². The normalized spacial score (nSPS) is 18.2. The van der Waals surface area contributed by atoms with E-state index >= 15 is 0 Å². The van der Waals surface area contributed by atoms with Gasteiger partial charge in [-0.25, -0.2) is 4.79 Å². The minimum atomic E-state index is -0.383. The summed E-state index contributed by atoms with van der Waals surface area (Å²) in [6.45, 7) is 6.19. The fourth-order valence-corrected chi connectivity index (χ4v) is 2.08. The molecule has 0 spiro atoms. The van der Waals surface area contributed by atoms with Gasteiger partial charge < -0.3 is 4.74 Å². The number of benzene rings is 1. The number of carbonyl (C=O) groups is 1. The molecular formula is C14H17NO3. The summed E-state index contributed by atoms with van der Waals surface area (Å²) in [5.41, 5.74) is 6.37. The molecule has 1 unspecified atom stereocenters. The molecule has 18 heavy (non-hydrogen) atoms. The number of hydrogen-bond acceptors (Lipinski definition) is 4. The smallest absolute Gasteiger partial charge is 0.356 e. The fraction of sp³-hybridized carbons (Fsp3) is 0.357. The van der Waals surface area contributed by atoms with Crippen molar-refractivity contribution >= 4 is 5.97 Å². The summed E-state index contributed by atoms with van der Waals surface area (Å²) in [7, 11) is 0. The van der Waals surface area contributed by atoms with Gasteiger partial charge in [0.15, 0.2) is 0 Å². The molecule has 4 heteroatoms.